The number of hydrogen-bond acceptors (Lipinski definition) is 4. The lowest BCUT2D eigenvalue weighted by Gasteiger charge is -2.30. The van der Waals surface area contributed by atoms with Crippen molar-refractivity contribution in [2.24, 2.45) is 16.8 Å². The molecule has 86 valence electrons. The van der Waals surface area contributed by atoms with E-state index < -0.39 is 0 Å². The van der Waals surface area contributed by atoms with E-state index >= 15 is 0 Å². The first-order valence-corrected chi connectivity index (χ1v) is 6.03. The third-order valence-electron chi connectivity index (χ3n) is 3.51. The van der Waals surface area contributed by atoms with Gasteiger partial charge in [0.05, 0.1) is 6.54 Å². The normalized spacial score (nSPS) is 30.9. The van der Waals surface area contributed by atoms with Gasteiger partial charge in [-0.3, -0.25) is 4.99 Å². The zero-order chi connectivity index (χ0) is 10.5. The van der Waals surface area contributed by atoms with Gasteiger partial charge in [0.15, 0.2) is 5.96 Å². The number of guanidine groups is 1. The van der Waals surface area contributed by atoms with E-state index in [1.54, 1.807) is 0 Å². The summed E-state index contributed by atoms with van der Waals surface area (Å²) < 4.78 is 0. The van der Waals surface area contributed by atoms with Crippen LogP contribution in [0.5, 0.6) is 0 Å². The summed E-state index contributed by atoms with van der Waals surface area (Å²) in [6.07, 6.45) is 5.01. The maximum absolute atomic E-state index is 9.28. The van der Waals surface area contributed by atoms with Crippen LogP contribution in [-0.2, 0) is 0 Å². The minimum Gasteiger partial charge on any atom is -0.396 e. The molecule has 0 aromatic heterocycles. The summed E-state index contributed by atoms with van der Waals surface area (Å²) in [6, 6.07) is 0. The molecule has 1 aliphatic heterocycles. The van der Waals surface area contributed by atoms with Crippen LogP contribution in [0.3, 0.4) is 0 Å². The highest BCUT2D eigenvalue weighted by Crippen LogP contribution is 2.28. The van der Waals surface area contributed by atoms with Crippen LogP contribution in [-0.4, -0.2) is 37.3 Å². The Kier molecular flexibility index (Phi) is 3.83. The number of aliphatic imine (C=N–C) groups is 1. The van der Waals surface area contributed by atoms with Crippen LogP contribution in [0.2, 0.25) is 0 Å². The molecule has 0 amide bonds. The molecule has 1 aliphatic carbocycles. The van der Waals surface area contributed by atoms with Gasteiger partial charge in [0.25, 0.3) is 0 Å². The Morgan fingerprint density at radius 3 is 2.80 bits per heavy atom. The quantitative estimate of drug-likeness (QED) is 0.631. The maximum atomic E-state index is 9.28. The molecule has 2 rings (SSSR count). The Hall–Kier alpha value is -0.770. The second-order valence-corrected chi connectivity index (χ2v) is 4.53. The van der Waals surface area contributed by atoms with Crippen molar-refractivity contribution in [3.8, 4) is 0 Å². The second-order valence-electron chi connectivity index (χ2n) is 4.53. The van der Waals surface area contributed by atoms with Gasteiger partial charge in [-0.05, 0) is 24.7 Å². The number of aliphatic hydroxyl groups is 1. The highest BCUT2D eigenvalue weighted by Gasteiger charge is 2.24. The van der Waals surface area contributed by atoms with E-state index in [1.165, 1.54) is 25.7 Å². The average molecular weight is 211 g/mol. The number of nitrogens with one attached hydrogen (secondary N) is 2. The van der Waals surface area contributed by atoms with E-state index in [2.05, 4.69) is 15.6 Å². The topological polar surface area (TPSA) is 56.6 Å². The molecule has 2 aliphatic rings. The number of rotatable bonds is 3. The van der Waals surface area contributed by atoms with Crippen molar-refractivity contribution >= 4 is 5.96 Å². The number of nitrogens with zero attached hydrogens (tertiary/aromatic N) is 1. The van der Waals surface area contributed by atoms with Crippen LogP contribution in [0.25, 0.3) is 0 Å². The molecule has 15 heavy (non-hydrogen) atoms. The smallest absolute Gasteiger partial charge is 0.191 e. The van der Waals surface area contributed by atoms with Crippen molar-refractivity contribution in [3.05, 3.63) is 0 Å². The SMILES string of the molecule is OCC1CCCCC1CNC1=NCCN1. The molecule has 0 aromatic carbocycles. The summed E-state index contributed by atoms with van der Waals surface area (Å²) in [6.45, 7) is 3.14. The van der Waals surface area contributed by atoms with Crippen molar-refractivity contribution in [3.63, 3.8) is 0 Å². The molecule has 0 bridgehead atoms. The Balaban J connectivity index is 1.76. The third kappa shape index (κ3) is 2.84. The Labute approximate surface area is 91.2 Å². The molecular weight excluding hydrogens is 190 g/mol. The molecule has 0 radical (unpaired) electrons. The zero-order valence-corrected chi connectivity index (χ0v) is 9.21. The summed E-state index contributed by atoms with van der Waals surface area (Å²) in [5.74, 6) is 2.05. The van der Waals surface area contributed by atoms with E-state index in [4.69, 9.17) is 0 Å². The van der Waals surface area contributed by atoms with Gasteiger partial charge in [0.1, 0.15) is 0 Å². The Morgan fingerprint density at radius 1 is 1.33 bits per heavy atom. The summed E-state index contributed by atoms with van der Waals surface area (Å²) in [7, 11) is 0. The fourth-order valence-corrected chi connectivity index (χ4v) is 2.54. The first kappa shape index (κ1) is 10.7. The predicted molar refractivity (Wildman–Crippen MR) is 60.8 cm³/mol. The fraction of sp³-hybridized carbons (Fsp3) is 0.909. The van der Waals surface area contributed by atoms with Crippen LogP contribution in [0.4, 0.5) is 0 Å². The van der Waals surface area contributed by atoms with Crippen LogP contribution >= 0.6 is 0 Å². The van der Waals surface area contributed by atoms with Crippen LogP contribution in [0, 0.1) is 11.8 Å². The van der Waals surface area contributed by atoms with Crippen molar-refractivity contribution in [2.75, 3.05) is 26.2 Å². The van der Waals surface area contributed by atoms with E-state index in [0.717, 1.165) is 25.6 Å². The fourth-order valence-electron chi connectivity index (χ4n) is 2.54. The molecule has 2 unspecified atom stereocenters. The minimum absolute atomic E-state index is 0.340. The minimum atomic E-state index is 0.340. The van der Waals surface area contributed by atoms with Gasteiger partial charge in [-0.25, -0.2) is 0 Å². The van der Waals surface area contributed by atoms with E-state index in [9.17, 15) is 5.11 Å². The van der Waals surface area contributed by atoms with Crippen molar-refractivity contribution in [1.82, 2.24) is 10.6 Å². The van der Waals surface area contributed by atoms with Gasteiger partial charge in [-0.1, -0.05) is 12.8 Å². The molecule has 3 N–H and O–H groups in total. The zero-order valence-electron chi connectivity index (χ0n) is 9.21. The molecule has 1 saturated carbocycles. The maximum Gasteiger partial charge on any atom is 0.191 e. The van der Waals surface area contributed by atoms with E-state index in [0.29, 0.717) is 18.4 Å². The standard InChI is InChI=1S/C11H21N3O/c15-8-10-4-2-1-3-9(10)7-14-11-12-5-6-13-11/h9-10,15H,1-8H2,(H2,12,13,14). The monoisotopic (exact) mass is 211 g/mol. The lowest BCUT2D eigenvalue weighted by Crippen LogP contribution is -2.40. The van der Waals surface area contributed by atoms with Crippen molar-refractivity contribution in [1.29, 1.82) is 0 Å². The Bertz CT molecular complexity index is 230. The van der Waals surface area contributed by atoms with E-state index in [-0.39, 0.29) is 0 Å². The summed E-state index contributed by atoms with van der Waals surface area (Å²) in [5, 5.41) is 15.8. The summed E-state index contributed by atoms with van der Waals surface area (Å²) >= 11 is 0. The van der Waals surface area contributed by atoms with Crippen molar-refractivity contribution < 1.29 is 5.11 Å². The summed E-state index contributed by atoms with van der Waals surface area (Å²) in [4.78, 5) is 4.30. The van der Waals surface area contributed by atoms with Crippen LogP contribution < -0.4 is 10.6 Å². The largest absolute Gasteiger partial charge is 0.396 e. The molecule has 0 aromatic rings. The molecule has 4 nitrogen and oxygen atoms in total. The van der Waals surface area contributed by atoms with Crippen LogP contribution in [0.1, 0.15) is 25.7 Å². The molecule has 0 saturated heterocycles. The molecular formula is C11H21N3O. The molecule has 1 heterocycles. The van der Waals surface area contributed by atoms with Gasteiger partial charge in [0.2, 0.25) is 0 Å². The lowest BCUT2D eigenvalue weighted by molar-refractivity contribution is 0.136. The van der Waals surface area contributed by atoms with Gasteiger partial charge in [-0.15, -0.1) is 0 Å². The van der Waals surface area contributed by atoms with Gasteiger partial charge in [0, 0.05) is 19.7 Å². The number of aliphatic hydroxyl groups excluding tert-OH is 1. The van der Waals surface area contributed by atoms with Gasteiger partial charge >= 0.3 is 0 Å². The van der Waals surface area contributed by atoms with Crippen molar-refractivity contribution in [2.45, 2.75) is 25.7 Å². The first-order valence-electron chi connectivity index (χ1n) is 6.03. The van der Waals surface area contributed by atoms with Gasteiger partial charge < -0.3 is 15.7 Å². The molecule has 2 atom stereocenters. The van der Waals surface area contributed by atoms with E-state index in [1.807, 2.05) is 0 Å². The second kappa shape index (κ2) is 5.35. The number of hydrogen-bond donors (Lipinski definition) is 3. The first-order chi connectivity index (χ1) is 7.40. The Morgan fingerprint density at radius 2 is 2.13 bits per heavy atom. The third-order valence-corrected chi connectivity index (χ3v) is 3.51. The lowest BCUT2D eigenvalue weighted by atomic mass is 9.80. The average Bonchev–Trinajstić information content (AvgIpc) is 2.79. The van der Waals surface area contributed by atoms with Gasteiger partial charge in [-0.2, -0.15) is 0 Å². The highest BCUT2D eigenvalue weighted by atomic mass is 16.3. The van der Waals surface area contributed by atoms with Crippen LogP contribution in [0.15, 0.2) is 4.99 Å². The predicted octanol–water partition coefficient (Wildman–Crippen LogP) is 0.334. The summed E-state index contributed by atoms with van der Waals surface area (Å²) in [5.41, 5.74) is 0. The molecule has 4 heteroatoms. The molecule has 0 spiro atoms. The highest BCUT2D eigenvalue weighted by molar-refractivity contribution is 5.81. The molecule has 1 fully saturated rings.